The highest BCUT2D eigenvalue weighted by atomic mass is 16.5. The summed E-state index contributed by atoms with van der Waals surface area (Å²) >= 11 is 0. The summed E-state index contributed by atoms with van der Waals surface area (Å²) in [5, 5.41) is 0. The molecule has 1 unspecified atom stereocenters. The van der Waals surface area contributed by atoms with Crippen LogP contribution >= 0.6 is 0 Å². The summed E-state index contributed by atoms with van der Waals surface area (Å²) in [6.45, 7) is 12.8. The van der Waals surface area contributed by atoms with Crippen LogP contribution in [-0.4, -0.2) is 24.6 Å². The fourth-order valence-corrected chi connectivity index (χ4v) is 1.87. The molecule has 0 bridgehead atoms. The van der Waals surface area contributed by atoms with E-state index >= 15 is 0 Å². The summed E-state index contributed by atoms with van der Waals surface area (Å²) in [4.78, 5) is 22.5. The lowest BCUT2D eigenvalue weighted by molar-refractivity contribution is -0.143. The predicted octanol–water partition coefficient (Wildman–Crippen LogP) is 4.34. The Morgan fingerprint density at radius 2 is 1.36 bits per heavy atom. The maximum absolute atomic E-state index is 11.3. The number of hydrogen-bond acceptors (Lipinski definition) is 4. The molecule has 0 rings (SSSR count). The normalized spacial score (nSPS) is 11.6. The Bertz CT molecular complexity index is 385. The van der Waals surface area contributed by atoms with Crippen LogP contribution in [0.2, 0.25) is 0 Å². The van der Waals surface area contributed by atoms with E-state index in [0.717, 1.165) is 44.9 Å². The monoisotopic (exact) mass is 310 g/mol. The van der Waals surface area contributed by atoms with Crippen LogP contribution in [0.5, 0.6) is 0 Å². The Kier molecular flexibility index (Phi) is 11.2. The fourth-order valence-electron chi connectivity index (χ4n) is 1.87. The van der Waals surface area contributed by atoms with E-state index in [9.17, 15) is 9.59 Å². The SMILES string of the molecule is C=C(C)C(=O)OCCCCCCCCC(C)OC(=O)C(=C)C. The average Bonchev–Trinajstić information content (AvgIpc) is 2.44. The molecule has 0 fully saturated rings. The molecule has 0 saturated carbocycles. The van der Waals surface area contributed by atoms with Crippen LogP contribution in [0.15, 0.2) is 24.3 Å². The van der Waals surface area contributed by atoms with Gasteiger partial charge in [-0.05, 0) is 40.0 Å². The van der Waals surface area contributed by atoms with Gasteiger partial charge in [-0.15, -0.1) is 0 Å². The molecular weight excluding hydrogens is 280 g/mol. The Morgan fingerprint density at radius 1 is 0.864 bits per heavy atom. The highest BCUT2D eigenvalue weighted by molar-refractivity contribution is 5.87. The summed E-state index contributed by atoms with van der Waals surface area (Å²) < 4.78 is 10.2. The van der Waals surface area contributed by atoms with E-state index < -0.39 is 0 Å². The van der Waals surface area contributed by atoms with Crippen molar-refractivity contribution < 1.29 is 19.1 Å². The zero-order valence-electron chi connectivity index (χ0n) is 14.3. The van der Waals surface area contributed by atoms with Crippen molar-refractivity contribution >= 4 is 11.9 Å². The van der Waals surface area contributed by atoms with Crippen molar-refractivity contribution in [1.29, 1.82) is 0 Å². The number of ether oxygens (including phenoxy) is 2. The molecule has 4 nitrogen and oxygen atoms in total. The van der Waals surface area contributed by atoms with Gasteiger partial charge in [-0.3, -0.25) is 0 Å². The molecule has 0 spiro atoms. The molecular formula is C18H30O4. The van der Waals surface area contributed by atoms with Crippen molar-refractivity contribution in [1.82, 2.24) is 0 Å². The van der Waals surface area contributed by atoms with E-state index in [2.05, 4.69) is 13.2 Å². The second kappa shape index (κ2) is 12.0. The van der Waals surface area contributed by atoms with Gasteiger partial charge in [0.1, 0.15) is 0 Å². The van der Waals surface area contributed by atoms with Crippen LogP contribution < -0.4 is 0 Å². The fraction of sp³-hybridized carbons (Fsp3) is 0.667. The minimum absolute atomic E-state index is 0.0502. The molecule has 0 aromatic carbocycles. The van der Waals surface area contributed by atoms with Gasteiger partial charge >= 0.3 is 11.9 Å². The van der Waals surface area contributed by atoms with Crippen molar-refractivity contribution in [3.8, 4) is 0 Å². The maximum atomic E-state index is 11.3. The lowest BCUT2D eigenvalue weighted by Crippen LogP contribution is -2.15. The molecule has 0 N–H and O–H groups in total. The van der Waals surface area contributed by atoms with Gasteiger partial charge in [0, 0.05) is 11.1 Å². The molecule has 0 saturated heterocycles. The molecule has 4 heteroatoms. The second-order valence-electron chi connectivity index (χ2n) is 5.82. The largest absolute Gasteiger partial charge is 0.462 e. The predicted molar refractivity (Wildman–Crippen MR) is 88.5 cm³/mol. The molecule has 1 atom stereocenters. The Balaban J connectivity index is 3.40. The number of unbranched alkanes of at least 4 members (excludes halogenated alkanes) is 5. The Labute approximate surface area is 134 Å². The smallest absolute Gasteiger partial charge is 0.333 e. The standard InChI is InChI=1S/C18H30O4/c1-14(2)17(19)21-13-11-9-7-6-8-10-12-16(5)22-18(20)15(3)4/h16H,1,3,6-13H2,2,4-5H3. The van der Waals surface area contributed by atoms with Gasteiger partial charge < -0.3 is 9.47 Å². The minimum atomic E-state index is -0.309. The molecule has 0 radical (unpaired) electrons. The number of carbonyl (C=O) groups excluding carboxylic acids is 2. The first-order chi connectivity index (χ1) is 10.3. The molecule has 126 valence electrons. The molecule has 0 aliphatic carbocycles. The van der Waals surface area contributed by atoms with Crippen LogP contribution in [-0.2, 0) is 19.1 Å². The highest BCUT2D eigenvalue weighted by Crippen LogP contribution is 2.11. The van der Waals surface area contributed by atoms with Crippen molar-refractivity contribution in [2.45, 2.75) is 71.8 Å². The van der Waals surface area contributed by atoms with Crippen LogP contribution in [0.1, 0.15) is 65.7 Å². The summed E-state index contributed by atoms with van der Waals surface area (Å²) in [6, 6.07) is 0. The van der Waals surface area contributed by atoms with E-state index in [1.165, 1.54) is 0 Å². The van der Waals surface area contributed by atoms with Crippen molar-refractivity contribution in [3.05, 3.63) is 24.3 Å². The zero-order valence-corrected chi connectivity index (χ0v) is 14.3. The first kappa shape index (κ1) is 20.4. The molecule has 0 aromatic rings. The highest BCUT2D eigenvalue weighted by Gasteiger charge is 2.09. The van der Waals surface area contributed by atoms with Gasteiger partial charge in [0.2, 0.25) is 0 Å². The van der Waals surface area contributed by atoms with Gasteiger partial charge in [-0.1, -0.05) is 38.8 Å². The van der Waals surface area contributed by atoms with Gasteiger partial charge in [-0.25, -0.2) is 9.59 Å². The van der Waals surface area contributed by atoms with Crippen LogP contribution in [0, 0.1) is 0 Å². The van der Waals surface area contributed by atoms with Crippen molar-refractivity contribution in [2.75, 3.05) is 6.61 Å². The lowest BCUT2D eigenvalue weighted by Gasteiger charge is -2.12. The zero-order chi connectivity index (χ0) is 17.0. The quantitative estimate of drug-likeness (QED) is 0.305. The van der Waals surface area contributed by atoms with Gasteiger partial charge in [-0.2, -0.15) is 0 Å². The molecule has 0 heterocycles. The van der Waals surface area contributed by atoms with E-state index in [0.29, 0.717) is 17.8 Å². The van der Waals surface area contributed by atoms with Gasteiger partial charge in [0.25, 0.3) is 0 Å². The van der Waals surface area contributed by atoms with Crippen LogP contribution in [0.3, 0.4) is 0 Å². The third-order valence-electron chi connectivity index (χ3n) is 3.24. The Hall–Kier alpha value is -1.58. The second-order valence-corrected chi connectivity index (χ2v) is 5.82. The topological polar surface area (TPSA) is 52.6 Å². The van der Waals surface area contributed by atoms with Crippen LogP contribution in [0.4, 0.5) is 0 Å². The number of carbonyl (C=O) groups is 2. The van der Waals surface area contributed by atoms with E-state index in [1.54, 1.807) is 13.8 Å². The molecule has 0 amide bonds. The third kappa shape index (κ3) is 11.1. The molecule has 0 aliphatic heterocycles. The first-order valence-electron chi connectivity index (χ1n) is 8.03. The summed E-state index contributed by atoms with van der Waals surface area (Å²) in [7, 11) is 0. The average molecular weight is 310 g/mol. The lowest BCUT2D eigenvalue weighted by atomic mass is 10.1. The third-order valence-corrected chi connectivity index (χ3v) is 3.24. The van der Waals surface area contributed by atoms with Gasteiger partial charge in [0.15, 0.2) is 0 Å². The van der Waals surface area contributed by atoms with E-state index in [4.69, 9.17) is 9.47 Å². The summed E-state index contributed by atoms with van der Waals surface area (Å²) in [6.07, 6.45) is 7.24. The van der Waals surface area contributed by atoms with E-state index in [-0.39, 0.29) is 18.0 Å². The van der Waals surface area contributed by atoms with Gasteiger partial charge in [0.05, 0.1) is 12.7 Å². The molecule has 0 aliphatic rings. The van der Waals surface area contributed by atoms with E-state index in [1.807, 2.05) is 6.92 Å². The summed E-state index contributed by atoms with van der Waals surface area (Å²) in [5.41, 5.74) is 0.890. The van der Waals surface area contributed by atoms with Crippen molar-refractivity contribution in [2.24, 2.45) is 0 Å². The number of esters is 2. The first-order valence-corrected chi connectivity index (χ1v) is 8.03. The molecule has 0 aromatic heterocycles. The number of hydrogen-bond donors (Lipinski definition) is 0. The Morgan fingerprint density at radius 3 is 1.91 bits per heavy atom. The minimum Gasteiger partial charge on any atom is -0.462 e. The maximum Gasteiger partial charge on any atom is 0.333 e. The number of rotatable bonds is 12. The molecule has 22 heavy (non-hydrogen) atoms. The van der Waals surface area contributed by atoms with Crippen molar-refractivity contribution in [3.63, 3.8) is 0 Å². The summed E-state index contributed by atoms with van der Waals surface area (Å²) in [5.74, 6) is -0.616. The van der Waals surface area contributed by atoms with Crippen LogP contribution in [0.25, 0.3) is 0 Å².